The van der Waals surface area contributed by atoms with Gasteiger partial charge in [0.05, 0.1) is 0 Å². The van der Waals surface area contributed by atoms with E-state index in [1.165, 1.54) is 0 Å². The third-order valence-electron chi connectivity index (χ3n) is 1.63. The highest BCUT2D eigenvalue weighted by molar-refractivity contribution is 5.85. The molecule has 1 unspecified atom stereocenters. The van der Waals surface area contributed by atoms with E-state index in [9.17, 15) is 4.79 Å². The predicted molar refractivity (Wildman–Crippen MR) is 46.5 cm³/mol. The van der Waals surface area contributed by atoms with Crippen LogP contribution < -0.4 is 5.32 Å². The minimum Gasteiger partial charge on any atom is -0.481 e. The maximum Gasteiger partial charge on any atom is 0.303 e. The maximum absolute atomic E-state index is 10.2. The molecule has 1 aliphatic rings. The van der Waals surface area contributed by atoms with Crippen molar-refractivity contribution in [3.05, 3.63) is 0 Å². The van der Waals surface area contributed by atoms with Crippen LogP contribution in [0, 0.1) is 0 Å². The fraction of sp³-hybridized carbons (Fsp3) is 0.857. The monoisotopic (exact) mass is 195 g/mol. The van der Waals surface area contributed by atoms with Crippen LogP contribution in [-0.2, 0) is 9.53 Å². The smallest absolute Gasteiger partial charge is 0.303 e. The number of carboxylic acids is 1. The number of nitrogens with one attached hydrogen (secondary N) is 1. The Morgan fingerprint density at radius 2 is 2.42 bits per heavy atom. The summed E-state index contributed by atoms with van der Waals surface area (Å²) in [6.45, 7) is 1.68. The molecule has 0 saturated carbocycles. The molecule has 1 rings (SSSR count). The molecule has 0 radical (unpaired) electrons. The van der Waals surface area contributed by atoms with Gasteiger partial charge in [-0.3, -0.25) is 10.1 Å². The number of hydrogen-bond acceptors (Lipinski definition) is 3. The molecular formula is C7H14ClNO3. The molecule has 0 aliphatic carbocycles. The van der Waals surface area contributed by atoms with Crippen molar-refractivity contribution in [3.8, 4) is 0 Å². The van der Waals surface area contributed by atoms with Crippen molar-refractivity contribution in [1.82, 2.24) is 5.32 Å². The predicted octanol–water partition coefficient (Wildman–Crippen LogP) is 0.609. The molecule has 2 N–H and O–H groups in total. The van der Waals surface area contributed by atoms with Gasteiger partial charge in [-0.15, -0.1) is 12.4 Å². The minimum absolute atomic E-state index is 0. The molecule has 0 aromatic rings. The summed E-state index contributed by atoms with van der Waals surface area (Å²) in [5.41, 5.74) is 0. The van der Waals surface area contributed by atoms with Crippen LogP contribution in [-0.4, -0.2) is 30.5 Å². The summed E-state index contributed by atoms with van der Waals surface area (Å²) in [6.07, 6.45) is 1.72. The maximum atomic E-state index is 10.2. The first-order valence-corrected chi connectivity index (χ1v) is 3.86. The van der Waals surface area contributed by atoms with Gasteiger partial charge in [-0.2, -0.15) is 0 Å². The van der Waals surface area contributed by atoms with E-state index >= 15 is 0 Å². The van der Waals surface area contributed by atoms with Crippen LogP contribution in [0.4, 0.5) is 0 Å². The molecule has 0 aromatic heterocycles. The minimum atomic E-state index is -0.763. The highest BCUT2D eigenvalue weighted by Crippen LogP contribution is 2.03. The number of ether oxygens (including phenoxy) is 1. The van der Waals surface area contributed by atoms with E-state index in [2.05, 4.69) is 5.32 Å². The van der Waals surface area contributed by atoms with Gasteiger partial charge in [0.25, 0.3) is 0 Å². The van der Waals surface area contributed by atoms with Gasteiger partial charge in [-0.05, 0) is 19.4 Å². The van der Waals surface area contributed by atoms with E-state index < -0.39 is 5.97 Å². The fourth-order valence-electron chi connectivity index (χ4n) is 1.06. The number of halogens is 1. The van der Waals surface area contributed by atoms with Crippen LogP contribution >= 0.6 is 12.4 Å². The molecule has 0 aromatic carbocycles. The summed E-state index contributed by atoms with van der Waals surface area (Å²) >= 11 is 0. The van der Waals surface area contributed by atoms with Gasteiger partial charge in [0.1, 0.15) is 6.23 Å². The molecule has 1 fully saturated rings. The molecule has 5 heteroatoms. The Hall–Kier alpha value is -0.320. The fourth-order valence-corrected chi connectivity index (χ4v) is 1.06. The number of rotatable bonds is 3. The normalized spacial score (nSPS) is 22.8. The van der Waals surface area contributed by atoms with E-state index in [4.69, 9.17) is 9.84 Å². The van der Waals surface area contributed by atoms with E-state index in [-0.39, 0.29) is 25.1 Å². The van der Waals surface area contributed by atoms with Crippen molar-refractivity contribution in [2.45, 2.75) is 25.5 Å². The topological polar surface area (TPSA) is 58.6 Å². The largest absolute Gasteiger partial charge is 0.481 e. The van der Waals surface area contributed by atoms with Crippen LogP contribution in [0.15, 0.2) is 0 Å². The SMILES string of the molecule is Cl.O=C(O)CCC1NCCCO1. The summed E-state index contributed by atoms with van der Waals surface area (Å²) < 4.78 is 5.25. The van der Waals surface area contributed by atoms with Crippen LogP contribution in [0.2, 0.25) is 0 Å². The molecule has 0 bridgehead atoms. The average molecular weight is 196 g/mol. The van der Waals surface area contributed by atoms with Crippen LogP contribution in [0.3, 0.4) is 0 Å². The molecular weight excluding hydrogens is 182 g/mol. The second kappa shape index (κ2) is 6.22. The number of hydrogen-bond donors (Lipinski definition) is 2. The first-order valence-electron chi connectivity index (χ1n) is 3.86. The Morgan fingerprint density at radius 3 is 2.92 bits per heavy atom. The van der Waals surface area contributed by atoms with Crippen molar-refractivity contribution in [2.75, 3.05) is 13.2 Å². The molecule has 1 aliphatic heterocycles. The second-order valence-electron chi connectivity index (χ2n) is 2.60. The van der Waals surface area contributed by atoms with Crippen molar-refractivity contribution < 1.29 is 14.6 Å². The third kappa shape index (κ3) is 4.54. The van der Waals surface area contributed by atoms with Gasteiger partial charge in [0.15, 0.2) is 0 Å². The molecule has 4 nitrogen and oxygen atoms in total. The zero-order valence-corrected chi connectivity index (χ0v) is 7.60. The lowest BCUT2D eigenvalue weighted by Gasteiger charge is -2.23. The summed E-state index contributed by atoms with van der Waals surface area (Å²) in [6, 6.07) is 0. The Kier molecular flexibility index (Phi) is 6.06. The molecule has 72 valence electrons. The molecule has 1 atom stereocenters. The quantitative estimate of drug-likeness (QED) is 0.693. The van der Waals surface area contributed by atoms with Gasteiger partial charge >= 0.3 is 5.97 Å². The lowest BCUT2D eigenvalue weighted by molar-refractivity contribution is -0.138. The second-order valence-corrected chi connectivity index (χ2v) is 2.60. The van der Waals surface area contributed by atoms with E-state index in [1.54, 1.807) is 0 Å². The lowest BCUT2D eigenvalue weighted by atomic mass is 10.2. The zero-order chi connectivity index (χ0) is 8.10. The molecule has 12 heavy (non-hydrogen) atoms. The Balaban J connectivity index is 0.00000121. The van der Waals surface area contributed by atoms with Crippen LogP contribution in [0.1, 0.15) is 19.3 Å². The van der Waals surface area contributed by atoms with Crippen molar-refractivity contribution in [1.29, 1.82) is 0 Å². The molecule has 1 saturated heterocycles. The lowest BCUT2D eigenvalue weighted by Crippen LogP contribution is -2.38. The van der Waals surface area contributed by atoms with Gasteiger partial charge in [0.2, 0.25) is 0 Å². The van der Waals surface area contributed by atoms with Crippen molar-refractivity contribution >= 4 is 18.4 Å². The van der Waals surface area contributed by atoms with Crippen LogP contribution in [0.5, 0.6) is 0 Å². The van der Waals surface area contributed by atoms with Gasteiger partial charge in [-0.1, -0.05) is 0 Å². The average Bonchev–Trinajstić information content (AvgIpc) is 2.03. The number of aliphatic carboxylic acids is 1. The highest BCUT2D eigenvalue weighted by Gasteiger charge is 2.13. The third-order valence-corrected chi connectivity index (χ3v) is 1.63. The Bertz CT molecular complexity index is 137. The standard InChI is InChI=1S/C7H13NO3.ClH/c9-7(10)3-2-6-8-4-1-5-11-6;/h6,8H,1-5H2,(H,9,10);1H. The van der Waals surface area contributed by atoms with Gasteiger partial charge in [0, 0.05) is 13.0 Å². The molecule has 1 heterocycles. The molecule has 0 amide bonds. The summed E-state index contributed by atoms with van der Waals surface area (Å²) in [5.74, 6) is -0.763. The highest BCUT2D eigenvalue weighted by atomic mass is 35.5. The van der Waals surface area contributed by atoms with E-state index in [0.29, 0.717) is 6.42 Å². The van der Waals surface area contributed by atoms with Gasteiger partial charge < -0.3 is 9.84 Å². The summed E-state index contributed by atoms with van der Waals surface area (Å²) in [4.78, 5) is 10.2. The Labute approximate surface area is 77.7 Å². The van der Waals surface area contributed by atoms with Gasteiger partial charge in [-0.25, -0.2) is 0 Å². The first-order chi connectivity index (χ1) is 5.29. The number of carboxylic acid groups (broad SMARTS) is 1. The summed E-state index contributed by atoms with van der Waals surface area (Å²) in [7, 11) is 0. The van der Waals surface area contributed by atoms with Crippen molar-refractivity contribution in [2.24, 2.45) is 0 Å². The first kappa shape index (κ1) is 11.7. The van der Waals surface area contributed by atoms with Crippen molar-refractivity contribution in [3.63, 3.8) is 0 Å². The summed E-state index contributed by atoms with van der Waals surface area (Å²) in [5, 5.41) is 11.4. The van der Waals surface area contributed by atoms with E-state index in [1.807, 2.05) is 0 Å². The Morgan fingerprint density at radius 1 is 1.67 bits per heavy atom. The van der Waals surface area contributed by atoms with E-state index in [0.717, 1.165) is 19.6 Å². The zero-order valence-electron chi connectivity index (χ0n) is 6.78. The van der Waals surface area contributed by atoms with Crippen LogP contribution in [0.25, 0.3) is 0 Å². The number of carbonyl (C=O) groups is 1. The molecule has 0 spiro atoms.